The van der Waals surface area contributed by atoms with Crippen molar-refractivity contribution in [3.63, 3.8) is 0 Å². The summed E-state index contributed by atoms with van der Waals surface area (Å²) in [6, 6.07) is 1.00. The molecule has 3 N–H and O–H groups in total. The summed E-state index contributed by atoms with van der Waals surface area (Å²) in [6.45, 7) is 0. The second kappa shape index (κ2) is 6.61. The highest BCUT2D eigenvalue weighted by Gasteiger charge is 2.24. The number of hydrogen-bond donors (Lipinski definition) is 3. The zero-order valence-corrected chi connectivity index (χ0v) is 10.8. The number of rotatable bonds is 7. The van der Waals surface area contributed by atoms with Crippen LogP contribution in [0.25, 0.3) is 0 Å². The lowest BCUT2D eigenvalue weighted by Gasteiger charge is -1.95. The maximum Gasteiger partial charge on any atom is 0.359 e. The fourth-order valence-corrected chi connectivity index (χ4v) is 2.61. The van der Waals surface area contributed by atoms with Crippen molar-refractivity contribution in [1.29, 1.82) is 0 Å². The van der Waals surface area contributed by atoms with Gasteiger partial charge in [0.05, 0.1) is 14.7 Å². The average molecular weight is 302 g/mol. The van der Waals surface area contributed by atoms with Crippen LogP contribution in [0.4, 0.5) is 5.69 Å². The van der Waals surface area contributed by atoms with Gasteiger partial charge in [-0.15, -0.1) is 11.3 Å². The molecule has 1 aromatic heterocycles. The fourth-order valence-electron chi connectivity index (χ4n) is 1.47. The number of aryl methyl sites for hydroxylation is 1. The van der Waals surface area contributed by atoms with Gasteiger partial charge < -0.3 is 15.4 Å². The Morgan fingerprint density at radius 2 is 2.05 bits per heavy atom. The van der Waals surface area contributed by atoms with E-state index in [1.54, 1.807) is 0 Å². The van der Waals surface area contributed by atoms with Crippen molar-refractivity contribution < 1.29 is 29.9 Å². The Bertz CT molecular complexity index is 578. The molecule has 20 heavy (non-hydrogen) atoms. The lowest BCUT2D eigenvalue weighted by Crippen LogP contribution is -2.12. The molecule has 0 unspecified atom stereocenters. The van der Waals surface area contributed by atoms with E-state index in [9.17, 15) is 19.7 Å². The number of oxime groups is 1. The Balaban J connectivity index is 3.04. The monoisotopic (exact) mass is 302 g/mol. The Kier molecular flexibility index (Phi) is 5.15. The molecule has 10 heteroatoms. The Morgan fingerprint density at radius 3 is 2.50 bits per heavy atom. The van der Waals surface area contributed by atoms with Crippen LogP contribution in [0.5, 0.6) is 0 Å². The SMILES string of the molecule is O=C(O)CCCc1sc(/C(=N\O)C(=O)O)cc1[N+](=O)[O-]. The first-order valence-corrected chi connectivity index (χ1v) is 6.13. The molecule has 1 aromatic rings. The maximum atomic E-state index is 10.9. The molecule has 0 bridgehead atoms. The number of nitrogens with zero attached hydrogens (tertiary/aromatic N) is 2. The first-order valence-electron chi connectivity index (χ1n) is 5.31. The predicted molar refractivity (Wildman–Crippen MR) is 67.5 cm³/mol. The van der Waals surface area contributed by atoms with Crippen molar-refractivity contribution in [3.05, 3.63) is 25.9 Å². The quantitative estimate of drug-likeness (QED) is 0.297. The van der Waals surface area contributed by atoms with Gasteiger partial charge in [-0.3, -0.25) is 14.9 Å². The topological polar surface area (TPSA) is 150 Å². The van der Waals surface area contributed by atoms with Gasteiger partial charge in [-0.2, -0.15) is 0 Å². The summed E-state index contributed by atoms with van der Waals surface area (Å²) in [6.07, 6.45) is 0.171. The predicted octanol–water partition coefficient (Wildman–Crippen LogP) is 1.33. The van der Waals surface area contributed by atoms with E-state index in [0.717, 1.165) is 17.4 Å². The second-order valence-corrected chi connectivity index (χ2v) is 4.81. The molecular formula is C10H10N2O7S. The van der Waals surface area contributed by atoms with Crippen LogP contribution in [-0.2, 0) is 16.0 Å². The summed E-state index contributed by atoms with van der Waals surface area (Å²) < 4.78 is 0. The van der Waals surface area contributed by atoms with E-state index in [1.165, 1.54) is 0 Å². The third-order valence-electron chi connectivity index (χ3n) is 2.31. The standard InChI is InChI=1S/C10H10N2O7S/c13-8(14)3-1-2-6-5(12(18)19)4-7(20-6)9(11-17)10(15)16/h4,17H,1-3H2,(H,13,14)(H,15,16)/b11-9+. The van der Waals surface area contributed by atoms with E-state index >= 15 is 0 Å². The largest absolute Gasteiger partial charge is 0.481 e. The van der Waals surface area contributed by atoms with Gasteiger partial charge in [0.1, 0.15) is 0 Å². The van der Waals surface area contributed by atoms with Crippen molar-refractivity contribution in [2.24, 2.45) is 5.16 Å². The molecule has 0 aliphatic heterocycles. The lowest BCUT2D eigenvalue weighted by atomic mass is 10.2. The molecule has 0 fully saturated rings. The first-order chi connectivity index (χ1) is 9.36. The van der Waals surface area contributed by atoms with Gasteiger partial charge in [-0.25, -0.2) is 4.79 Å². The normalized spacial score (nSPS) is 11.3. The van der Waals surface area contributed by atoms with E-state index in [1.807, 2.05) is 0 Å². The molecule has 0 aliphatic carbocycles. The molecule has 9 nitrogen and oxygen atoms in total. The number of carboxylic acids is 2. The smallest absolute Gasteiger partial charge is 0.359 e. The van der Waals surface area contributed by atoms with E-state index in [4.69, 9.17) is 15.4 Å². The molecule has 0 aliphatic rings. The van der Waals surface area contributed by atoms with Crippen LogP contribution in [0.1, 0.15) is 22.6 Å². The van der Waals surface area contributed by atoms with E-state index in [2.05, 4.69) is 5.16 Å². The third kappa shape index (κ3) is 3.75. The summed E-state index contributed by atoms with van der Waals surface area (Å²) >= 11 is 0.794. The number of carboxylic acid groups (broad SMARTS) is 2. The Hall–Kier alpha value is -2.49. The van der Waals surface area contributed by atoms with Crippen molar-refractivity contribution in [1.82, 2.24) is 0 Å². The average Bonchev–Trinajstić information content (AvgIpc) is 2.73. The molecular weight excluding hydrogens is 292 g/mol. The van der Waals surface area contributed by atoms with Crippen LogP contribution in [0, 0.1) is 10.1 Å². The molecule has 0 radical (unpaired) electrons. The summed E-state index contributed by atoms with van der Waals surface area (Å²) in [5.41, 5.74) is -1.000. The summed E-state index contributed by atoms with van der Waals surface area (Å²) in [7, 11) is 0. The van der Waals surface area contributed by atoms with Crippen molar-refractivity contribution in [2.75, 3.05) is 0 Å². The summed E-state index contributed by atoms with van der Waals surface area (Å²) in [5.74, 6) is -2.53. The molecule has 0 saturated heterocycles. The van der Waals surface area contributed by atoms with Gasteiger partial charge in [0.25, 0.3) is 5.69 Å². The van der Waals surface area contributed by atoms with Gasteiger partial charge in [0.2, 0.25) is 5.71 Å². The van der Waals surface area contributed by atoms with E-state index < -0.39 is 22.6 Å². The zero-order valence-electron chi connectivity index (χ0n) is 9.98. The third-order valence-corrected chi connectivity index (χ3v) is 3.50. The van der Waals surface area contributed by atoms with Crippen LogP contribution < -0.4 is 0 Å². The van der Waals surface area contributed by atoms with Gasteiger partial charge in [0.15, 0.2) is 0 Å². The van der Waals surface area contributed by atoms with Crippen molar-refractivity contribution in [2.45, 2.75) is 19.3 Å². The van der Waals surface area contributed by atoms with Gasteiger partial charge in [0, 0.05) is 12.5 Å². The number of nitro groups is 1. The highest BCUT2D eigenvalue weighted by molar-refractivity contribution is 7.15. The summed E-state index contributed by atoms with van der Waals surface area (Å²) in [5, 5.41) is 39.4. The highest BCUT2D eigenvalue weighted by Crippen LogP contribution is 2.31. The molecule has 1 heterocycles. The minimum atomic E-state index is -1.51. The summed E-state index contributed by atoms with van der Waals surface area (Å²) in [4.78, 5) is 31.5. The Labute approximate surface area is 115 Å². The van der Waals surface area contributed by atoms with Crippen molar-refractivity contribution >= 4 is 34.7 Å². The molecule has 0 saturated carbocycles. The maximum absolute atomic E-state index is 10.9. The molecule has 0 atom stereocenters. The van der Waals surface area contributed by atoms with Crippen LogP contribution in [-0.4, -0.2) is 38.0 Å². The van der Waals surface area contributed by atoms with E-state index in [0.29, 0.717) is 0 Å². The first kappa shape index (κ1) is 15.6. The van der Waals surface area contributed by atoms with Gasteiger partial charge in [-0.05, 0) is 12.8 Å². The van der Waals surface area contributed by atoms with Gasteiger partial charge in [-0.1, -0.05) is 5.16 Å². The fraction of sp³-hybridized carbons (Fsp3) is 0.300. The lowest BCUT2D eigenvalue weighted by molar-refractivity contribution is -0.385. The Morgan fingerprint density at radius 1 is 1.40 bits per heavy atom. The molecule has 1 rings (SSSR count). The minimum Gasteiger partial charge on any atom is -0.481 e. The van der Waals surface area contributed by atoms with Crippen LogP contribution in [0.2, 0.25) is 0 Å². The van der Waals surface area contributed by atoms with E-state index in [-0.39, 0.29) is 34.7 Å². The molecule has 0 aromatic carbocycles. The van der Waals surface area contributed by atoms with Gasteiger partial charge >= 0.3 is 11.9 Å². The zero-order chi connectivity index (χ0) is 15.3. The number of thiophene rings is 1. The number of hydrogen-bond acceptors (Lipinski definition) is 7. The highest BCUT2D eigenvalue weighted by atomic mass is 32.1. The second-order valence-electron chi connectivity index (χ2n) is 3.68. The van der Waals surface area contributed by atoms with Crippen LogP contribution in [0.3, 0.4) is 0 Å². The molecule has 0 amide bonds. The molecule has 108 valence electrons. The van der Waals surface area contributed by atoms with Crippen LogP contribution in [0.15, 0.2) is 11.2 Å². The molecule has 0 spiro atoms. The van der Waals surface area contributed by atoms with Crippen molar-refractivity contribution in [3.8, 4) is 0 Å². The number of carbonyl (C=O) groups is 2. The minimum absolute atomic E-state index is 0.0583. The number of aliphatic carboxylic acids is 2. The van der Waals surface area contributed by atoms with Crippen LogP contribution >= 0.6 is 11.3 Å².